The van der Waals surface area contributed by atoms with E-state index < -0.39 is 0 Å². The zero-order valence-electron chi connectivity index (χ0n) is 14.4. The summed E-state index contributed by atoms with van der Waals surface area (Å²) < 4.78 is 10.6. The fourth-order valence-electron chi connectivity index (χ4n) is 2.58. The Kier molecular flexibility index (Phi) is 5.88. The summed E-state index contributed by atoms with van der Waals surface area (Å²) in [7, 11) is 5.44. The van der Waals surface area contributed by atoms with Crippen molar-refractivity contribution in [3.8, 4) is 11.5 Å². The molecule has 0 amide bonds. The van der Waals surface area contributed by atoms with Crippen LogP contribution in [0.25, 0.3) is 0 Å². The molecule has 2 N–H and O–H groups in total. The van der Waals surface area contributed by atoms with E-state index in [1.54, 1.807) is 14.2 Å². The lowest BCUT2D eigenvalue weighted by Crippen LogP contribution is -2.20. The van der Waals surface area contributed by atoms with Crippen LogP contribution in [0, 0.1) is 6.92 Å². The molecule has 0 saturated carbocycles. The van der Waals surface area contributed by atoms with Gasteiger partial charge in [0.15, 0.2) is 11.5 Å². The second kappa shape index (κ2) is 7.88. The van der Waals surface area contributed by atoms with Gasteiger partial charge in [-0.2, -0.15) is 0 Å². The third kappa shape index (κ3) is 4.63. The second-order valence-electron chi connectivity index (χ2n) is 5.87. The Morgan fingerprint density at radius 3 is 2.30 bits per heavy atom. The summed E-state index contributed by atoms with van der Waals surface area (Å²) in [5.74, 6) is 1.53. The van der Waals surface area contributed by atoms with Crippen LogP contribution in [0.2, 0.25) is 0 Å². The molecule has 2 aromatic carbocycles. The highest BCUT2D eigenvalue weighted by Crippen LogP contribution is 2.27. The number of likely N-dealkylation sites (N-methyl/N-ethyl adjacent to an activating group) is 1. The van der Waals surface area contributed by atoms with E-state index in [-0.39, 0.29) is 0 Å². The number of nitrogens with two attached hydrogens (primary N) is 1. The zero-order chi connectivity index (χ0) is 16.8. The van der Waals surface area contributed by atoms with Crippen LogP contribution in [0.3, 0.4) is 0 Å². The third-order valence-electron chi connectivity index (χ3n) is 4.02. The normalized spacial score (nSPS) is 10.8. The molecule has 0 unspecified atom stereocenters. The Morgan fingerprint density at radius 1 is 0.957 bits per heavy atom. The van der Waals surface area contributed by atoms with Gasteiger partial charge < -0.3 is 20.1 Å². The van der Waals surface area contributed by atoms with Gasteiger partial charge in [0.2, 0.25) is 0 Å². The van der Waals surface area contributed by atoms with E-state index in [9.17, 15) is 0 Å². The van der Waals surface area contributed by atoms with Gasteiger partial charge in [-0.1, -0.05) is 18.2 Å². The van der Waals surface area contributed by atoms with Crippen LogP contribution in [0.5, 0.6) is 11.5 Å². The van der Waals surface area contributed by atoms with E-state index in [1.165, 1.54) is 11.1 Å². The molecule has 0 spiro atoms. The molecule has 0 fully saturated rings. The molecule has 4 heteroatoms. The van der Waals surface area contributed by atoms with Crippen LogP contribution in [-0.2, 0) is 13.0 Å². The maximum Gasteiger partial charge on any atom is 0.161 e. The van der Waals surface area contributed by atoms with Crippen molar-refractivity contribution in [2.75, 3.05) is 33.5 Å². The molecular weight excluding hydrogens is 288 g/mol. The number of methoxy groups -OCH3 is 2. The van der Waals surface area contributed by atoms with E-state index in [4.69, 9.17) is 15.2 Å². The molecule has 0 atom stereocenters. The minimum absolute atomic E-state index is 0.760. The van der Waals surface area contributed by atoms with Gasteiger partial charge in [0.25, 0.3) is 0 Å². The molecule has 4 nitrogen and oxygen atoms in total. The number of ether oxygens (including phenoxy) is 2. The summed E-state index contributed by atoms with van der Waals surface area (Å²) in [6.07, 6.45) is 1.00. The second-order valence-corrected chi connectivity index (χ2v) is 5.87. The molecule has 0 aliphatic carbocycles. The average Bonchev–Trinajstić information content (AvgIpc) is 2.55. The number of hydrogen-bond donors (Lipinski definition) is 1. The number of anilines is 1. The minimum Gasteiger partial charge on any atom is -0.493 e. The lowest BCUT2D eigenvalue weighted by atomic mass is 10.1. The molecule has 0 aromatic heterocycles. The van der Waals surface area contributed by atoms with Crippen LogP contribution in [0.15, 0.2) is 36.4 Å². The van der Waals surface area contributed by atoms with Crippen molar-refractivity contribution in [1.82, 2.24) is 4.90 Å². The summed E-state index contributed by atoms with van der Waals surface area (Å²) >= 11 is 0. The standard InChI is InChI=1S/C19H26N2O2/c1-14-11-15(5-7-17(14)20)9-10-21(2)13-16-6-8-18(22-3)19(12-16)23-4/h5-8,11-12H,9-10,13,20H2,1-4H3. The van der Waals surface area contributed by atoms with Crippen molar-refractivity contribution in [3.05, 3.63) is 53.1 Å². The van der Waals surface area contributed by atoms with Crippen molar-refractivity contribution in [1.29, 1.82) is 0 Å². The first-order valence-electron chi connectivity index (χ1n) is 7.78. The highest BCUT2D eigenvalue weighted by molar-refractivity contribution is 5.47. The third-order valence-corrected chi connectivity index (χ3v) is 4.02. The van der Waals surface area contributed by atoms with Crippen molar-refractivity contribution < 1.29 is 9.47 Å². The molecule has 23 heavy (non-hydrogen) atoms. The highest BCUT2D eigenvalue weighted by atomic mass is 16.5. The molecule has 0 aliphatic heterocycles. The van der Waals surface area contributed by atoms with E-state index in [0.29, 0.717) is 0 Å². The summed E-state index contributed by atoms with van der Waals surface area (Å²) in [5.41, 5.74) is 10.4. The topological polar surface area (TPSA) is 47.7 Å². The van der Waals surface area contributed by atoms with Gasteiger partial charge in [0.05, 0.1) is 14.2 Å². The Balaban J connectivity index is 1.94. The van der Waals surface area contributed by atoms with Gasteiger partial charge in [-0.3, -0.25) is 0 Å². The van der Waals surface area contributed by atoms with Gasteiger partial charge in [-0.05, 0) is 55.3 Å². The molecule has 0 bridgehead atoms. The molecule has 0 heterocycles. The Hall–Kier alpha value is -2.20. The minimum atomic E-state index is 0.760. The number of nitrogen functional groups attached to an aromatic ring is 1. The number of rotatable bonds is 7. The molecule has 0 aliphatic rings. The molecule has 0 radical (unpaired) electrons. The molecule has 0 saturated heterocycles. The summed E-state index contributed by atoms with van der Waals surface area (Å²) in [6.45, 7) is 3.90. The smallest absolute Gasteiger partial charge is 0.161 e. The number of nitrogens with zero attached hydrogens (tertiary/aromatic N) is 1. The highest BCUT2D eigenvalue weighted by Gasteiger charge is 2.07. The Labute approximate surface area is 138 Å². The zero-order valence-corrected chi connectivity index (χ0v) is 14.4. The molecule has 124 valence electrons. The SMILES string of the molecule is COc1ccc(CN(C)CCc2ccc(N)c(C)c2)cc1OC. The maximum atomic E-state index is 5.87. The van der Waals surface area contributed by atoms with E-state index in [0.717, 1.165) is 42.3 Å². The van der Waals surface area contributed by atoms with Gasteiger partial charge in [-0.25, -0.2) is 0 Å². The average molecular weight is 314 g/mol. The van der Waals surface area contributed by atoms with E-state index >= 15 is 0 Å². The van der Waals surface area contributed by atoms with Crippen LogP contribution in [-0.4, -0.2) is 32.7 Å². The Morgan fingerprint density at radius 2 is 1.65 bits per heavy atom. The predicted octanol–water partition coefficient (Wildman–Crippen LogP) is 3.27. The van der Waals surface area contributed by atoms with Crippen LogP contribution in [0.1, 0.15) is 16.7 Å². The van der Waals surface area contributed by atoms with Crippen molar-refractivity contribution in [3.63, 3.8) is 0 Å². The molecule has 2 rings (SSSR count). The van der Waals surface area contributed by atoms with Crippen molar-refractivity contribution >= 4 is 5.69 Å². The molecular formula is C19H26N2O2. The first-order valence-corrected chi connectivity index (χ1v) is 7.78. The summed E-state index contributed by atoms with van der Waals surface area (Å²) in [4.78, 5) is 2.30. The van der Waals surface area contributed by atoms with E-state index in [1.807, 2.05) is 25.1 Å². The van der Waals surface area contributed by atoms with Gasteiger partial charge in [0, 0.05) is 18.8 Å². The van der Waals surface area contributed by atoms with Crippen LogP contribution >= 0.6 is 0 Å². The fourth-order valence-corrected chi connectivity index (χ4v) is 2.58. The first-order chi connectivity index (χ1) is 11.0. The fraction of sp³-hybridized carbons (Fsp3) is 0.368. The number of benzene rings is 2. The van der Waals surface area contributed by atoms with Gasteiger partial charge >= 0.3 is 0 Å². The quantitative estimate of drug-likeness (QED) is 0.797. The van der Waals surface area contributed by atoms with Crippen LogP contribution in [0.4, 0.5) is 5.69 Å². The number of hydrogen-bond acceptors (Lipinski definition) is 4. The summed E-state index contributed by atoms with van der Waals surface area (Å²) in [6, 6.07) is 12.3. The lowest BCUT2D eigenvalue weighted by molar-refractivity contribution is 0.327. The summed E-state index contributed by atoms with van der Waals surface area (Å²) in [5, 5.41) is 0. The molecule has 2 aromatic rings. The maximum absolute atomic E-state index is 5.87. The number of aryl methyl sites for hydroxylation is 1. The van der Waals surface area contributed by atoms with Gasteiger partial charge in [-0.15, -0.1) is 0 Å². The predicted molar refractivity (Wildman–Crippen MR) is 95.2 cm³/mol. The van der Waals surface area contributed by atoms with E-state index in [2.05, 4.69) is 30.1 Å². The first kappa shape index (κ1) is 17.2. The van der Waals surface area contributed by atoms with Gasteiger partial charge in [0.1, 0.15) is 0 Å². The lowest BCUT2D eigenvalue weighted by Gasteiger charge is -2.18. The van der Waals surface area contributed by atoms with Crippen LogP contribution < -0.4 is 15.2 Å². The largest absolute Gasteiger partial charge is 0.493 e. The van der Waals surface area contributed by atoms with Crippen molar-refractivity contribution in [2.45, 2.75) is 19.9 Å². The monoisotopic (exact) mass is 314 g/mol. The van der Waals surface area contributed by atoms with Crippen molar-refractivity contribution in [2.24, 2.45) is 0 Å². The Bertz CT molecular complexity index is 656.